The summed E-state index contributed by atoms with van der Waals surface area (Å²) in [5.74, 6) is 0.551. The number of furan rings is 1. The van der Waals surface area contributed by atoms with Gasteiger partial charge in [-0.1, -0.05) is 18.5 Å². The number of rotatable bonds is 2. The number of nitriles is 1. The third-order valence-corrected chi connectivity index (χ3v) is 1.91. The molecule has 0 saturated heterocycles. The van der Waals surface area contributed by atoms with Crippen LogP contribution in [0.1, 0.15) is 19.1 Å². The first-order chi connectivity index (χ1) is 5.79. The molecule has 3 heteroatoms. The zero-order valence-electron chi connectivity index (χ0n) is 6.67. The average molecular weight is 182 g/mol. The minimum absolute atomic E-state index is 0.407. The molecule has 1 aromatic heterocycles. The number of nitrogens with zero attached hydrogens (tertiary/aromatic N) is 1. The van der Waals surface area contributed by atoms with Gasteiger partial charge in [-0.05, 0) is 18.6 Å². The maximum Gasteiger partial charge on any atom is 0.146 e. The first-order valence-corrected chi connectivity index (χ1v) is 4.00. The molecular formula is C9H8ClNO. The summed E-state index contributed by atoms with van der Waals surface area (Å²) in [5.41, 5.74) is 0.548. The molecule has 2 nitrogen and oxygen atoms in total. The quantitative estimate of drug-likeness (QED) is 0.658. The van der Waals surface area contributed by atoms with E-state index >= 15 is 0 Å². The highest BCUT2D eigenvalue weighted by molar-refractivity contribution is 6.49. The van der Waals surface area contributed by atoms with Crippen LogP contribution in [-0.2, 0) is 0 Å². The van der Waals surface area contributed by atoms with Gasteiger partial charge in [0.15, 0.2) is 0 Å². The highest BCUT2D eigenvalue weighted by Gasteiger charge is 2.06. The van der Waals surface area contributed by atoms with E-state index in [0.717, 1.165) is 0 Å². The van der Waals surface area contributed by atoms with Crippen LogP contribution in [0.3, 0.4) is 0 Å². The summed E-state index contributed by atoms with van der Waals surface area (Å²) >= 11 is 5.88. The Bertz CT molecular complexity index is 319. The molecule has 0 unspecified atom stereocenters. The lowest BCUT2D eigenvalue weighted by molar-refractivity contribution is 0.555. The van der Waals surface area contributed by atoms with Crippen LogP contribution >= 0.6 is 11.6 Å². The molecule has 0 aliphatic heterocycles. The fourth-order valence-electron chi connectivity index (χ4n) is 0.836. The van der Waals surface area contributed by atoms with Crippen LogP contribution in [0, 0.1) is 11.3 Å². The van der Waals surface area contributed by atoms with Gasteiger partial charge in [0.05, 0.1) is 22.9 Å². The molecule has 62 valence electrons. The molecule has 1 rings (SSSR count). The van der Waals surface area contributed by atoms with Crippen LogP contribution in [0.5, 0.6) is 0 Å². The summed E-state index contributed by atoms with van der Waals surface area (Å²) in [5, 5.41) is 9.07. The fraction of sp³-hybridized carbons (Fsp3) is 0.222. The van der Waals surface area contributed by atoms with E-state index in [1.54, 1.807) is 12.1 Å². The van der Waals surface area contributed by atoms with Crippen LogP contribution in [0.25, 0.3) is 5.03 Å². The van der Waals surface area contributed by atoms with Crippen molar-refractivity contribution in [1.29, 1.82) is 5.26 Å². The van der Waals surface area contributed by atoms with Crippen LogP contribution in [-0.4, -0.2) is 0 Å². The Hall–Kier alpha value is -1.20. The van der Waals surface area contributed by atoms with Gasteiger partial charge in [-0.15, -0.1) is 0 Å². The summed E-state index contributed by atoms with van der Waals surface area (Å²) in [6.45, 7) is 1.88. The monoisotopic (exact) mass is 181 g/mol. The van der Waals surface area contributed by atoms with E-state index in [2.05, 4.69) is 0 Å². The normalized spacial score (nSPS) is 12.1. The van der Waals surface area contributed by atoms with E-state index in [9.17, 15) is 0 Å². The molecule has 1 aromatic rings. The zero-order chi connectivity index (χ0) is 8.97. The van der Waals surface area contributed by atoms with E-state index in [1.165, 1.54) is 6.26 Å². The third-order valence-electron chi connectivity index (χ3n) is 1.49. The van der Waals surface area contributed by atoms with Gasteiger partial charge in [0.25, 0.3) is 0 Å². The minimum atomic E-state index is 0.407. The van der Waals surface area contributed by atoms with E-state index in [0.29, 0.717) is 22.8 Å². The first kappa shape index (κ1) is 8.89. The zero-order valence-corrected chi connectivity index (χ0v) is 7.43. The molecule has 0 saturated carbocycles. The summed E-state index contributed by atoms with van der Waals surface area (Å²) in [6.07, 6.45) is 2.15. The lowest BCUT2D eigenvalue weighted by atomic mass is 10.2. The van der Waals surface area contributed by atoms with Crippen molar-refractivity contribution in [1.82, 2.24) is 0 Å². The third kappa shape index (κ3) is 1.69. The Kier molecular flexibility index (Phi) is 2.95. The Morgan fingerprint density at radius 3 is 2.92 bits per heavy atom. The number of hydrogen-bond acceptors (Lipinski definition) is 2. The molecule has 0 radical (unpaired) electrons. The Balaban J connectivity index is 3.05. The minimum Gasteiger partial charge on any atom is -0.463 e. The van der Waals surface area contributed by atoms with Crippen molar-refractivity contribution in [2.24, 2.45) is 0 Å². The molecule has 0 aliphatic carbocycles. The molecule has 12 heavy (non-hydrogen) atoms. The van der Waals surface area contributed by atoms with Gasteiger partial charge in [0, 0.05) is 0 Å². The van der Waals surface area contributed by atoms with Gasteiger partial charge in [0.2, 0.25) is 0 Å². The van der Waals surface area contributed by atoms with Gasteiger partial charge in [-0.3, -0.25) is 0 Å². The maximum atomic E-state index is 8.66. The predicted molar refractivity (Wildman–Crippen MR) is 47.4 cm³/mol. The topological polar surface area (TPSA) is 36.9 Å². The second-order valence-corrected chi connectivity index (χ2v) is 2.61. The number of allylic oxidation sites excluding steroid dienone is 1. The smallest absolute Gasteiger partial charge is 0.146 e. The summed E-state index contributed by atoms with van der Waals surface area (Å²) in [6, 6.07) is 5.50. The van der Waals surface area contributed by atoms with Gasteiger partial charge in [-0.25, -0.2) is 0 Å². The Morgan fingerprint density at radius 2 is 2.50 bits per heavy atom. The van der Waals surface area contributed by atoms with E-state index in [4.69, 9.17) is 21.3 Å². The lowest BCUT2D eigenvalue weighted by Gasteiger charge is -1.95. The first-order valence-electron chi connectivity index (χ1n) is 3.62. The summed E-state index contributed by atoms with van der Waals surface area (Å²) < 4.78 is 5.04. The second-order valence-electron chi connectivity index (χ2n) is 2.24. The molecule has 0 amide bonds. The average Bonchev–Trinajstić information content (AvgIpc) is 2.58. The second kappa shape index (κ2) is 3.99. The molecular weight excluding hydrogens is 174 g/mol. The van der Waals surface area contributed by atoms with Crippen LogP contribution < -0.4 is 0 Å². The van der Waals surface area contributed by atoms with Crippen LogP contribution in [0.4, 0.5) is 0 Å². The SMILES string of the molecule is CCC(C#N)=C(Cl)c1ccco1. The molecule has 0 atom stereocenters. The molecule has 0 aliphatic rings. The maximum absolute atomic E-state index is 8.66. The molecule has 0 spiro atoms. The van der Waals surface area contributed by atoms with Crippen LogP contribution in [0.2, 0.25) is 0 Å². The summed E-state index contributed by atoms with van der Waals surface area (Å²) in [4.78, 5) is 0. The van der Waals surface area contributed by atoms with E-state index in [-0.39, 0.29) is 0 Å². The predicted octanol–water partition coefficient (Wildman–Crippen LogP) is 3.16. The Labute approximate surface area is 76.1 Å². The van der Waals surface area contributed by atoms with Gasteiger partial charge in [-0.2, -0.15) is 5.26 Å². The number of halogens is 1. The van der Waals surface area contributed by atoms with Crippen molar-refractivity contribution in [3.05, 3.63) is 29.7 Å². The highest BCUT2D eigenvalue weighted by Crippen LogP contribution is 2.24. The van der Waals surface area contributed by atoms with Crippen molar-refractivity contribution >= 4 is 16.6 Å². The standard InChI is InChI=1S/C9H8ClNO/c1-2-7(6-11)9(10)8-4-3-5-12-8/h3-5H,2H2,1H3. The van der Waals surface area contributed by atoms with Gasteiger partial charge < -0.3 is 4.42 Å². The van der Waals surface area contributed by atoms with Crippen molar-refractivity contribution < 1.29 is 4.42 Å². The van der Waals surface area contributed by atoms with Crippen molar-refractivity contribution in [3.8, 4) is 6.07 Å². The molecule has 1 heterocycles. The number of hydrogen-bond donors (Lipinski definition) is 0. The Morgan fingerprint density at radius 1 is 1.75 bits per heavy atom. The molecule has 0 aromatic carbocycles. The fourth-order valence-corrected chi connectivity index (χ4v) is 1.12. The van der Waals surface area contributed by atoms with Gasteiger partial charge >= 0.3 is 0 Å². The van der Waals surface area contributed by atoms with Gasteiger partial charge in [0.1, 0.15) is 5.76 Å². The molecule has 0 bridgehead atoms. The highest BCUT2D eigenvalue weighted by atomic mass is 35.5. The largest absolute Gasteiger partial charge is 0.463 e. The summed E-state index contributed by atoms with van der Waals surface area (Å²) in [7, 11) is 0. The van der Waals surface area contributed by atoms with Crippen molar-refractivity contribution in [2.75, 3.05) is 0 Å². The van der Waals surface area contributed by atoms with Crippen LogP contribution in [0.15, 0.2) is 28.4 Å². The lowest BCUT2D eigenvalue weighted by Crippen LogP contribution is -1.80. The van der Waals surface area contributed by atoms with E-state index in [1.807, 2.05) is 13.0 Å². The van der Waals surface area contributed by atoms with Crippen molar-refractivity contribution in [2.45, 2.75) is 13.3 Å². The van der Waals surface area contributed by atoms with Crippen molar-refractivity contribution in [3.63, 3.8) is 0 Å². The molecule has 0 N–H and O–H groups in total. The van der Waals surface area contributed by atoms with E-state index < -0.39 is 0 Å². The molecule has 0 fully saturated rings.